The molecule has 9 heteroatoms. The highest BCUT2D eigenvalue weighted by molar-refractivity contribution is 5.70. The third kappa shape index (κ3) is 39.3. The van der Waals surface area contributed by atoms with E-state index in [0.29, 0.717) is 17.4 Å². The van der Waals surface area contributed by atoms with Gasteiger partial charge in [0.1, 0.15) is 13.2 Å². The van der Waals surface area contributed by atoms with Crippen LogP contribution >= 0.6 is 0 Å². The van der Waals surface area contributed by atoms with Gasteiger partial charge in [0.2, 0.25) is 0 Å². The molecule has 0 aromatic heterocycles. The lowest BCUT2D eigenvalue weighted by Crippen LogP contribution is -2.44. The topological polar surface area (TPSA) is 111 Å². The molecule has 0 N–H and O–H groups in total. The zero-order chi connectivity index (χ0) is 40.7. The van der Waals surface area contributed by atoms with Crippen molar-refractivity contribution in [1.29, 1.82) is 0 Å². The summed E-state index contributed by atoms with van der Waals surface area (Å²) in [5, 5.41) is 11.7. The molecule has 0 fully saturated rings. The number of rotatable bonds is 39. The Kier molecular flexibility index (Phi) is 36.2. The van der Waals surface area contributed by atoms with Crippen LogP contribution in [0.2, 0.25) is 0 Å². The Morgan fingerprint density at radius 3 is 1.55 bits per heavy atom. The summed E-state index contributed by atoms with van der Waals surface area (Å²) in [6.45, 7) is 4.57. The number of unbranched alkanes of at least 4 members (excludes halogenated alkanes) is 16. The lowest BCUT2D eigenvalue weighted by molar-refractivity contribution is -0.870. The normalized spacial score (nSPS) is 13.4. The van der Waals surface area contributed by atoms with Crippen LogP contribution in [0, 0.1) is 0 Å². The van der Waals surface area contributed by atoms with E-state index in [0.717, 1.165) is 57.8 Å². The number of hydrogen-bond acceptors (Lipinski definition) is 8. The number of esters is 2. The summed E-state index contributed by atoms with van der Waals surface area (Å²) in [5.41, 5.74) is 0. The Bertz CT molecular complexity index is 1050. The molecule has 2 atom stereocenters. The minimum Gasteiger partial charge on any atom is -0.545 e. The lowest BCUT2D eigenvalue weighted by Gasteiger charge is -2.26. The summed E-state index contributed by atoms with van der Waals surface area (Å²) in [6.07, 6.45) is 40.0. The van der Waals surface area contributed by atoms with Crippen LogP contribution in [0.15, 0.2) is 48.6 Å². The van der Waals surface area contributed by atoms with Gasteiger partial charge in [-0.25, -0.2) is 0 Å². The first-order valence-corrected chi connectivity index (χ1v) is 21.8. The predicted octanol–water partition coefficient (Wildman–Crippen LogP) is 9.88. The Morgan fingerprint density at radius 2 is 1.04 bits per heavy atom. The van der Waals surface area contributed by atoms with Gasteiger partial charge in [-0.1, -0.05) is 152 Å². The van der Waals surface area contributed by atoms with E-state index in [2.05, 4.69) is 62.5 Å². The summed E-state index contributed by atoms with van der Waals surface area (Å²) in [6, 6.07) is 0. The smallest absolute Gasteiger partial charge is 0.306 e. The third-order valence-electron chi connectivity index (χ3n) is 9.09. The van der Waals surface area contributed by atoms with Crippen molar-refractivity contribution in [1.82, 2.24) is 0 Å². The highest BCUT2D eigenvalue weighted by atomic mass is 16.7. The van der Waals surface area contributed by atoms with E-state index >= 15 is 0 Å². The van der Waals surface area contributed by atoms with E-state index in [1.165, 1.54) is 77.0 Å². The number of carbonyl (C=O) groups is 3. The van der Waals surface area contributed by atoms with Crippen LogP contribution in [-0.4, -0.2) is 82.3 Å². The quantitative estimate of drug-likeness (QED) is 0.0200. The highest BCUT2D eigenvalue weighted by Crippen LogP contribution is 2.14. The zero-order valence-corrected chi connectivity index (χ0v) is 35.8. The molecule has 9 nitrogen and oxygen atoms in total. The molecule has 0 aliphatic carbocycles. The maximum Gasteiger partial charge on any atom is 0.306 e. The molecule has 0 aliphatic heterocycles. The fourth-order valence-corrected chi connectivity index (χ4v) is 5.70. The van der Waals surface area contributed by atoms with Crippen molar-refractivity contribution in [2.45, 2.75) is 180 Å². The number of nitrogens with zero attached hydrogens (tertiary/aromatic N) is 1. The fraction of sp³-hybridized carbons (Fsp3) is 0.761. The molecule has 0 heterocycles. The van der Waals surface area contributed by atoms with Gasteiger partial charge < -0.3 is 33.3 Å². The fourth-order valence-electron chi connectivity index (χ4n) is 5.70. The van der Waals surface area contributed by atoms with Crippen molar-refractivity contribution in [2.75, 3.05) is 47.5 Å². The molecule has 0 saturated carbocycles. The van der Waals surface area contributed by atoms with Crippen molar-refractivity contribution in [2.24, 2.45) is 0 Å². The molecule has 0 aromatic rings. The number of allylic oxidation sites excluding steroid dienone is 8. The standard InChI is InChI=1S/C46H81NO8/c1-6-8-10-12-14-16-18-20-22-24-26-28-30-32-34-36-43(48)53-40-42(41-54-46(45(50)51)52-39-38-47(3,4)5)55-44(49)37-35-33-31-29-27-25-23-21-19-17-15-13-11-9-7-2/h9,11,15,17,21,23,27,29,42,46H,6-8,10,12-14,16,18-20,22,24-26,28,30-41H2,1-5H3/b11-9-,17-15-,23-21-,29-27-. The SMILES string of the molecule is CC/C=C\C/C=C\C/C=C\C/C=C\CCCCC(=O)OC(COC(=O)CCCCCCCCCCCCCCCCC)COC(OCC[N+](C)(C)C)C(=O)[O-]. The van der Waals surface area contributed by atoms with E-state index in [9.17, 15) is 19.5 Å². The molecule has 0 aliphatic rings. The Hall–Kier alpha value is -2.75. The van der Waals surface area contributed by atoms with E-state index in [4.69, 9.17) is 18.9 Å². The Labute approximate surface area is 336 Å². The predicted molar refractivity (Wildman–Crippen MR) is 223 cm³/mol. The monoisotopic (exact) mass is 776 g/mol. The second-order valence-electron chi connectivity index (χ2n) is 15.6. The van der Waals surface area contributed by atoms with E-state index in [-0.39, 0.29) is 38.6 Å². The van der Waals surface area contributed by atoms with Gasteiger partial charge in [-0.3, -0.25) is 9.59 Å². The third-order valence-corrected chi connectivity index (χ3v) is 9.09. The number of carboxylic acids is 1. The van der Waals surface area contributed by atoms with Crippen LogP contribution in [0.4, 0.5) is 0 Å². The van der Waals surface area contributed by atoms with Gasteiger partial charge in [0, 0.05) is 12.8 Å². The molecule has 0 spiro atoms. The average molecular weight is 776 g/mol. The number of quaternary nitrogens is 1. The molecule has 0 radical (unpaired) electrons. The lowest BCUT2D eigenvalue weighted by atomic mass is 10.0. The van der Waals surface area contributed by atoms with Crippen LogP contribution in [0.3, 0.4) is 0 Å². The number of carboxylic acid groups (broad SMARTS) is 1. The molecule has 55 heavy (non-hydrogen) atoms. The Morgan fingerprint density at radius 1 is 0.564 bits per heavy atom. The summed E-state index contributed by atoms with van der Waals surface area (Å²) >= 11 is 0. The number of likely N-dealkylation sites (N-methyl/N-ethyl adjacent to an activating group) is 1. The highest BCUT2D eigenvalue weighted by Gasteiger charge is 2.21. The summed E-state index contributed by atoms with van der Waals surface area (Å²) < 4.78 is 22.5. The first kappa shape index (κ1) is 52.2. The van der Waals surface area contributed by atoms with Gasteiger partial charge >= 0.3 is 11.9 Å². The first-order valence-electron chi connectivity index (χ1n) is 21.8. The number of carbonyl (C=O) groups excluding carboxylic acids is 3. The first-order chi connectivity index (χ1) is 26.6. The van der Waals surface area contributed by atoms with E-state index < -0.39 is 24.3 Å². The van der Waals surface area contributed by atoms with Crippen LogP contribution < -0.4 is 5.11 Å². The van der Waals surface area contributed by atoms with Crippen LogP contribution in [-0.2, 0) is 33.3 Å². The van der Waals surface area contributed by atoms with Gasteiger partial charge in [0.15, 0.2) is 12.4 Å². The minimum absolute atomic E-state index is 0.139. The molecule has 0 aromatic carbocycles. The minimum atomic E-state index is -1.63. The zero-order valence-electron chi connectivity index (χ0n) is 35.8. The van der Waals surface area contributed by atoms with Crippen molar-refractivity contribution < 1.29 is 42.9 Å². The molecule has 0 amide bonds. The molecule has 0 bridgehead atoms. The number of hydrogen-bond donors (Lipinski definition) is 0. The van der Waals surface area contributed by atoms with Crippen LogP contribution in [0.25, 0.3) is 0 Å². The summed E-state index contributed by atoms with van der Waals surface area (Å²) in [4.78, 5) is 36.9. The second-order valence-corrected chi connectivity index (χ2v) is 15.6. The van der Waals surface area contributed by atoms with E-state index in [1.807, 2.05) is 21.1 Å². The van der Waals surface area contributed by atoms with Gasteiger partial charge in [-0.05, 0) is 51.4 Å². The molecule has 2 unspecified atom stereocenters. The maximum absolute atomic E-state index is 12.7. The van der Waals surface area contributed by atoms with Gasteiger partial charge in [-0.2, -0.15) is 0 Å². The molecule has 0 rings (SSSR count). The van der Waals surface area contributed by atoms with Gasteiger partial charge in [0.25, 0.3) is 0 Å². The molecular weight excluding hydrogens is 695 g/mol. The average Bonchev–Trinajstić information content (AvgIpc) is 3.14. The van der Waals surface area contributed by atoms with Crippen molar-refractivity contribution >= 4 is 17.9 Å². The maximum atomic E-state index is 12.7. The number of aliphatic carboxylic acids is 1. The van der Waals surface area contributed by atoms with Crippen molar-refractivity contribution in [3.8, 4) is 0 Å². The van der Waals surface area contributed by atoms with Gasteiger partial charge in [0.05, 0.1) is 40.3 Å². The van der Waals surface area contributed by atoms with Crippen molar-refractivity contribution in [3.05, 3.63) is 48.6 Å². The number of ether oxygens (including phenoxy) is 4. The van der Waals surface area contributed by atoms with E-state index in [1.54, 1.807) is 0 Å². The largest absolute Gasteiger partial charge is 0.545 e. The summed E-state index contributed by atoms with van der Waals surface area (Å²) in [7, 11) is 5.89. The Balaban J connectivity index is 4.52. The van der Waals surface area contributed by atoms with Crippen LogP contribution in [0.5, 0.6) is 0 Å². The molecule has 0 saturated heterocycles. The molecule has 318 valence electrons. The van der Waals surface area contributed by atoms with Crippen molar-refractivity contribution in [3.63, 3.8) is 0 Å². The molecular formula is C46H81NO8. The van der Waals surface area contributed by atoms with Gasteiger partial charge in [-0.15, -0.1) is 0 Å². The van der Waals surface area contributed by atoms with Crippen LogP contribution in [0.1, 0.15) is 168 Å². The second kappa shape index (κ2) is 38.1. The summed E-state index contributed by atoms with van der Waals surface area (Å²) in [5.74, 6) is -2.34.